The summed E-state index contributed by atoms with van der Waals surface area (Å²) in [5, 5.41) is 57.0. The van der Waals surface area contributed by atoms with Gasteiger partial charge in [0.25, 0.3) is 0 Å². The van der Waals surface area contributed by atoms with E-state index in [1.54, 1.807) is 27.7 Å². The highest BCUT2D eigenvalue weighted by molar-refractivity contribution is 5.73. The molecule has 2 aliphatic heterocycles. The van der Waals surface area contributed by atoms with Crippen molar-refractivity contribution in [1.82, 2.24) is 9.80 Å². The topological polar surface area (TPSA) is 152 Å². The van der Waals surface area contributed by atoms with Gasteiger partial charge in [-0.3, -0.25) is 4.79 Å². The predicted octanol–water partition coefficient (Wildman–Crippen LogP) is 0.976. The second-order valence-corrected chi connectivity index (χ2v) is 13.6. The Bertz CT molecular complexity index is 841. The molecule has 0 aromatic heterocycles. The van der Waals surface area contributed by atoms with Crippen LogP contribution in [0.3, 0.4) is 0 Å². The summed E-state index contributed by atoms with van der Waals surface area (Å²) < 4.78 is 18.1. The lowest BCUT2D eigenvalue weighted by Crippen LogP contribution is -2.59. The molecule has 5 N–H and O–H groups in total. The Morgan fingerprint density at radius 3 is 2.17 bits per heavy atom. The van der Waals surface area contributed by atoms with Crippen molar-refractivity contribution < 1.29 is 44.5 Å². The van der Waals surface area contributed by atoms with Gasteiger partial charge in [-0.1, -0.05) is 20.8 Å². The van der Waals surface area contributed by atoms with Crippen molar-refractivity contribution in [2.45, 2.75) is 141 Å². The zero-order chi connectivity index (χ0) is 31.6. The van der Waals surface area contributed by atoms with Crippen LogP contribution in [-0.2, 0) is 19.0 Å². The fourth-order valence-corrected chi connectivity index (χ4v) is 6.74. The zero-order valence-corrected chi connectivity index (χ0v) is 27.0. The van der Waals surface area contributed by atoms with E-state index in [4.69, 9.17) is 14.2 Å². The van der Waals surface area contributed by atoms with Crippen molar-refractivity contribution in [3.63, 3.8) is 0 Å². The van der Waals surface area contributed by atoms with Crippen molar-refractivity contribution in [3.05, 3.63) is 0 Å². The van der Waals surface area contributed by atoms with E-state index in [0.717, 1.165) is 0 Å². The minimum Gasteiger partial charge on any atom is -0.459 e. The number of nitrogens with zero attached hydrogens (tertiary/aromatic N) is 2. The number of aliphatic hydroxyl groups is 5. The van der Waals surface area contributed by atoms with Crippen LogP contribution in [0.25, 0.3) is 0 Å². The number of cyclic esters (lactones) is 1. The molecule has 11 heteroatoms. The Kier molecular flexibility index (Phi) is 12.6. The van der Waals surface area contributed by atoms with Crippen LogP contribution in [0, 0.1) is 17.8 Å². The number of aliphatic hydroxyl groups excluding tert-OH is 3. The third kappa shape index (κ3) is 8.39. The summed E-state index contributed by atoms with van der Waals surface area (Å²) in [6.45, 7) is 14.2. The molecule has 242 valence electrons. The van der Waals surface area contributed by atoms with Crippen LogP contribution >= 0.6 is 0 Å². The van der Waals surface area contributed by atoms with Gasteiger partial charge < -0.3 is 49.5 Å². The molecule has 2 saturated heterocycles. The number of rotatable bonds is 4. The third-order valence-corrected chi connectivity index (χ3v) is 9.46. The fraction of sp³-hybridized carbons (Fsp3) is 0.967. The summed E-state index contributed by atoms with van der Waals surface area (Å²) in [6.07, 6.45) is -5.74. The van der Waals surface area contributed by atoms with Gasteiger partial charge in [-0.15, -0.1) is 0 Å². The van der Waals surface area contributed by atoms with Gasteiger partial charge in [-0.05, 0) is 80.9 Å². The van der Waals surface area contributed by atoms with E-state index < -0.39 is 71.9 Å². The first-order valence-electron chi connectivity index (χ1n) is 15.1. The van der Waals surface area contributed by atoms with E-state index in [0.29, 0.717) is 13.0 Å². The lowest BCUT2D eigenvalue weighted by Gasteiger charge is -2.46. The Morgan fingerprint density at radius 2 is 1.63 bits per heavy atom. The summed E-state index contributed by atoms with van der Waals surface area (Å²) in [5.41, 5.74) is -3.25. The number of hydrogen-bond acceptors (Lipinski definition) is 11. The molecule has 0 aliphatic carbocycles. The quantitative estimate of drug-likeness (QED) is 0.298. The van der Waals surface area contributed by atoms with Gasteiger partial charge in [-0.25, -0.2) is 0 Å². The first-order valence-corrected chi connectivity index (χ1v) is 15.1. The number of esters is 1. The largest absolute Gasteiger partial charge is 0.459 e. The molecule has 41 heavy (non-hydrogen) atoms. The van der Waals surface area contributed by atoms with Crippen LogP contribution < -0.4 is 0 Å². The van der Waals surface area contributed by atoms with E-state index in [2.05, 4.69) is 0 Å². The SMILES string of the molecule is CCC1OC(=O)[C@H](C)[C@@H](O)C(C)C(O[C@@H]2O[C@H](C)C[C@H](N(C)C)[C@H]2O)[C@](C)(O)C[C@@H](C)CN(C)[C@H](C)[C@@H](O)[C@]1(C)O. The number of ether oxygens (including phenoxy) is 3. The maximum absolute atomic E-state index is 13.3. The first kappa shape index (κ1) is 36.3. The molecule has 0 aromatic rings. The second kappa shape index (κ2) is 14.3. The van der Waals surface area contributed by atoms with Crippen LogP contribution in [0.4, 0.5) is 0 Å². The van der Waals surface area contributed by atoms with Gasteiger partial charge in [0.15, 0.2) is 6.29 Å². The highest BCUT2D eigenvalue weighted by Crippen LogP contribution is 2.36. The fourth-order valence-electron chi connectivity index (χ4n) is 6.74. The van der Waals surface area contributed by atoms with Gasteiger partial charge in [0.1, 0.15) is 23.9 Å². The van der Waals surface area contributed by atoms with E-state index in [1.807, 2.05) is 44.8 Å². The van der Waals surface area contributed by atoms with Crippen molar-refractivity contribution in [3.8, 4) is 0 Å². The lowest BCUT2D eigenvalue weighted by molar-refractivity contribution is -0.299. The molecule has 0 aromatic carbocycles. The Balaban J connectivity index is 2.52. The van der Waals surface area contributed by atoms with Gasteiger partial charge in [0.2, 0.25) is 0 Å². The monoisotopic (exact) mass is 590 g/mol. The van der Waals surface area contributed by atoms with Crippen molar-refractivity contribution >= 4 is 5.97 Å². The zero-order valence-electron chi connectivity index (χ0n) is 27.0. The molecule has 14 atom stereocenters. The summed E-state index contributed by atoms with van der Waals surface area (Å²) in [5.74, 6) is -2.65. The van der Waals surface area contributed by atoms with Gasteiger partial charge in [0, 0.05) is 24.5 Å². The molecule has 2 heterocycles. The number of hydrogen-bond donors (Lipinski definition) is 5. The number of likely N-dealkylation sites (N-methyl/N-ethyl adjacent to an activating group) is 2. The molecular weight excluding hydrogens is 532 g/mol. The van der Waals surface area contributed by atoms with E-state index in [-0.39, 0.29) is 30.9 Å². The Labute approximate surface area is 246 Å². The third-order valence-electron chi connectivity index (χ3n) is 9.46. The van der Waals surface area contributed by atoms with Gasteiger partial charge >= 0.3 is 5.97 Å². The normalized spacial score (nSPS) is 48.4. The van der Waals surface area contributed by atoms with Crippen LogP contribution in [0.5, 0.6) is 0 Å². The minimum atomic E-state index is -1.75. The van der Waals surface area contributed by atoms with E-state index >= 15 is 0 Å². The van der Waals surface area contributed by atoms with Crippen LogP contribution in [-0.4, -0.2) is 135 Å². The van der Waals surface area contributed by atoms with Crippen LogP contribution in [0.1, 0.15) is 74.7 Å². The molecule has 0 spiro atoms. The molecule has 2 rings (SSSR count). The van der Waals surface area contributed by atoms with E-state index in [1.165, 1.54) is 13.8 Å². The molecule has 2 fully saturated rings. The lowest BCUT2D eigenvalue weighted by atomic mass is 9.78. The van der Waals surface area contributed by atoms with Crippen molar-refractivity contribution in [1.29, 1.82) is 0 Å². The molecule has 11 nitrogen and oxygen atoms in total. The number of carbonyl (C=O) groups excluding carboxylic acids is 1. The molecule has 3 unspecified atom stereocenters. The molecule has 0 amide bonds. The van der Waals surface area contributed by atoms with Crippen molar-refractivity contribution in [2.75, 3.05) is 27.7 Å². The smallest absolute Gasteiger partial charge is 0.311 e. The Hall–Kier alpha value is -0.890. The predicted molar refractivity (Wildman–Crippen MR) is 155 cm³/mol. The molecule has 0 radical (unpaired) electrons. The summed E-state index contributed by atoms with van der Waals surface area (Å²) in [4.78, 5) is 17.1. The number of carbonyl (C=O) groups is 1. The minimum absolute atomic E-state index is 0.0990. The standard InChI is InChI=1S/C30H58N2O9/c1-12-22-30(8,38)25(35)20(6)32(11)15-16(2)14-29(7,37)26(18(4)23(33)19(5)27(36)40-22)41-28-24(34)21(31(9)10)13-17(3)39-28/h16-26,28,33-35,37-38H,12-15H2,1-11H3/t16-,17-,18?,19-,20-,21+,22?,23+,24-,25-,26?,28+,29-,30-/m1/s1. The van der Waals surface area contributed by atoms with Gasteiger partial charge in [0.05, 0.1) is 29.8 Å². The highest BCUT2D eigenvalue weighted by atomic mass is 16.7. The molecule has 0 saturated carbocycles. The second-order valence-electron chi connectivity index (χ2n) is 13.6. The van der Waals surface area contributed by atoms with Crippen molar-refractivity contribution in [2.24, 2.45) is 17.8 Å². The molecule has 2 aliphatic rings. The molecular formula is C30H58N2O9. The summed E-state index contributed by atoms with van der Waals surface area (Å²) >= 11 is 0. The van der Waals surface area contributed by atoms with E-state index in [9.17, 15) is 30.3 Å². The maximum Gasteiger partial charge on any atom is 0.311 e. The Morgan fingerprint density at radius 1 is 1.05 bits per heavy atom. The summed E-state index contributed by atoms with van der Waals surface area (Å²) in [7, 11) is 5.58. The van der Waals surface area contributed by atoms with Crippen LogP contribution in [0.15, 0.2) is 0 Å². The highest BCUT2D eigenvalue weighted by Gasteiger charge is 2.49. The average Bonchev–Trinajstić information content (AvgIpc) is 2.87. The first-order chi connectivity index (χ1) is 18.8. The average molecular weight is 591 g/mol. The maximum atomic E-state index is 13.3. The van der Waals surface area contributed by atoms with Gasteiger partial charge in [-0.2, -0.15) is 0 Å². The molecule has 0 bridgehead atoms. The van der Waals surface area contributed by atoms with Crippen LogP contribution in [0.2, 0.25) is 0 Å². The summed E-state index contributed by atoms with van der Waals surface area (Å²) in [6, 6.07) is -0.733.